The highest BCUT2D eigenvalue weighted by Crippen LogP contribution is 2.56. The summed E-state index contributed by atoms with van der Waals surface area (Å²) in [6.45, 7) is -0.000751. The van der Waals surface area contributed by atoms with E-state index in [4.69, 9.17) is 11.6 Å². The van der Waals surface area contributed by atoms with Crippen molar-refractivity contribution in [2.24, 2.45) is 23.7 Å². The number of carbonyl (C=O) groups excluding carboxylic acids is 3. The SMILES string of the molecule is O=C(c1ccc([N+](=O)[O-])cc1)N(Cc1ccc(Cl)cc1)N1C(=O)[C@H]2[C@H]3CC[C@@H](C3)[C@@H]2C1=O. The van der Waals surface area contributed by atoms with Gasteiger partial charge in [-0.05, 0) is 60.9 Å². The van der Waals surface area contributed by atoms with Crippen LogP contribution in [0.15, 0.2) is 48.5 Å². The van der Waals surface area contributed by atoms with E-state index in [1.165, 1.54) is 29.3 Å². The van der Waals surface area contributed by atoms with Gasteiger partial charge in [-0.1, -0.05) is 23.7 Å². The summed E-state index contributed by atoms with van der Waals surface area (Å²) >= 11 is 5.97. The summed E-state index contributed by atoms with van der Waals surface area (Å²) in [6, 6.07) is 12.0. The molecule has 3 fully saturated rings. The molecule has 0 aromatic heterocycles. The molecule has 1 heterocycles. The minimum atomic E-state index is -0.566. The predicted molar refractivity (Wildman–Crippen MR) is 114 cm³/mol. The maximum absolute atomic E-state index is 13.5. The molecule has 0 spiro atoms. The number of amides is 3. The van der Waals surface area contributed by atoms with E-state index in [2.05, 4.69) is 0 Å². The zero-order valence-corrected chi connectivity index (χ0v) is 17.8. The number of halogens is 1. The average Bonchev–Trinajstić information content (AvgIpc) is 3.47. The lowest BCUT2D eigenvalue weighted by Gasteiger charge is -2.31. The van der Waals surface area contributed by atoms with Crippen molar-refractivity contribution >= 4 is 35.0 Å². The van der Waals surface area contributed by atoms with E-state index in [0.29, 0.717) is 10.6 Å². The number of nitrogens with zero attached hydrogens (tertiary/aromatic N) is 3. The number of nitro groups is 1. The Morgan fingerprint density at radius 3 is 2.09 bits per heavy atom. The van der Waals surface area contributed by atoms with Gasteiger partial charge >= 0.3 is 0 Å². The lowest BCUT2D eigenvalue weighted by Crippen LogP contribution is -2.50. The smallest absolute Gasteiger partial charge is 0.272 e. The van der Waals surface area contributed by atoms with Crippen LogP contribution in [0.3, 0.4) is 0 Å². The number of benzene rings is 2. The fourth-order valence-electron chi connectivity index (χ4n) is 5.50. The fourth-order valence-corrected chi connectivity index (χ4v) is 5.63. The standard InChI is InChI=1S/C23H20ClN3O5/c24-17-7-1-13(2-8-17)12-25(21(28)14-5-9-18(10-6-14)27(31)32)26-22(29)19-15-3-4-16(11-15)20(19)23(26)30/h1-2,5-10,15-16,19-20H,3-4,11-12H2/t15-,16-,19-,20-/m0/s1. The van der Waals surface area contributed by atoms with E-state index in [1.54, 1.807) is 24.3 Å². The second-order valence-corrected chi connectivity index (χ2v) is 9.10. The van der Waals surface area contributed by atoms with Crippen molar-refractivity contribution in [1.29, 1.82) is 0 Å². The minimum absolute atomic E-state index is 0.000751. The molecule has 4 atom stereocenters. The van der Waals surface area contributed by atoms with E-state index < -0.39 is 10.8 Å². The average molecular weight is 454 g/mol. The first-order valence-electron chi connectivity index (χ1n) is 10.5. The van der Waals surface area contributed by atoms with Crippen LogP contribution < -0.4 is 0 Å². The molecule has 0 N–H and O–H groups in total. The topological polar surface area (TPSA) is 101 Å². The van der Waals surface area contributed by atoms with Gasteiger partial charge in [0.25, 0.3) is 23.4 Å². The summed E-state index contributed by atoms with van der Waals surface area (Å²) in [4.78, 5) is 50.6. The summed E-state index contributed by atoms with van der Waals surface area (Å²) in [5, 5.41) is 13.7. The maximum atomic E-state index is 13.5. The zero-order chi connectivity index (χ0) is 22.6. The Kier molecular flexibility index (Phi) is 4.97. The molecule has 3 aliphatic rings. The molecule has 5 rings (SSSR count). The maximum Gasteiger partial charge on any atom is 0.273 e. The van der Waals surface area contributed by atoms with Gasteiger partial charge in [0.2, 0.25) is 0 Å². The lowest BCUT2D eigenvalue weighted by molar-refractivity contribution is -0.384. The van der Waals surface area contributed by atoms with Crippen LogP contribution in [-0.4, -0.2) is 32.7 Å². The highest BCUT2D eigenvalue weighted by atomic mass is 35.5. The molecule has 9 heteroatoms. The van der Waals surface area contributed by atoms with Crippen molar-refractivity contribution in [2.75, 3.05) is 0 Å². The van der Waals surface area contributed by atoms with Gasteiger partial charge in [0.1, 0.15) is 0 Å². The molecular formula is C23H20ClN3O5. The summed E-state index contributed by atoms with van der Waals surface area (Å²) in [5.41, 5.74) is 0.709. The lowest BCUT2D eigenvalue weighted by atomic mass is 9.81. The molecule has 3 amide bonds. The molecule has 8 nitrogen and oxygen atoms in total. The van der Waals surface area contributed by atoms with Gasteiger partial charge in [-0.3, -0.25) is 24.5 Å². The van der Waals surface area contributed by atoms with Crippen LogP contribution in [0.1, 0.15) is 35.2 Å². The molecule has 32 heavy (non-hydrogen) atoms. The number of hydrogen-bond donors (Lipinski definition) is 0. The summed E-state index contributed by atoms with van der Waals surface area (Å²) in [6.07, 6.45) is 2.77. The second kappa shape index (κ2) is 7.70. The van der Waals surface area contributed by atoms with Gasteiger partial charge in [0.05, 0.1) is 23.3 Å². The molecular weight excluding hydrogens is 434 g/mol. The molecule has 2 bridgehead atoms. The van der Waals surface area contributed by atoms with Crippen LogP contribution in [0.2, 0.25) is 5.02 Å². The van der Waals surface area contributed by atoms with Gasteiger partial charge in [-0.15, -0.1) is 0 Å². The summed E-state index contributed by atoms with van der Waals surface area (Å²) < 4.78 is 0. The van der Waals surface area contributed by atoms with Crippen molar-refractivity contribution in [3.8, 4) is 0 Å². The Morgan fingerprint density at radius 1 is 1.00 bits per heavy atom. The Bertz CT molecular complexity index is 1090. The van der Waals surface area contributed by atoms with Gasteiger partial charge in [0.15, 0.2) is 0 Å². The molecule has 2 aromatic rings. The van der Waals surface area contributed by atoms with Crippen LogP contribution in [-0.2, 0) is 16.1 Å². The second-order valence-electron chi connectivity index (χ2n) is 8.67. The summed E-state index contributed by atoms with van der Waals surface area (Å²) in [5.74, 6) is -1.55. The number of fused-ring (bicyclic) bond motifs is 5. The van der Waals surface area contributed by atoms with E-state index in [-0.39, 0.29) is 53.3 Å². The van der Waals surface area contributed by atoms with Crippen molar-refractivity contribution in [2.45, 2.75) is 25.8 Å². The first kappa shape index (κ1) is 20.6. The Labute approximate surface area is 188 Å². The Morgan fingerprint density at radius 2 is 1.56 bits per heavy atom. The molecule has 0 radical (unpaired) electrons. The van der Waals surface area contributed by atoms with E-state index in [1.807, 2.05) is 0 Å². The van der Waals surface area contributed by atoms with E-state index in [9.17, 15) is 24.5 Å². The molecule has 1 saturated heterocycles. The van der Waals surface area contributed by atoms with Crippen LogP contribution in [0.25, 0.3) is 0 Å². The molecule has 164 valence electrons. The molecule has 2 saturated carbocycles. The van der Waals surface area contributed by atoms with E-state index in [0.717, 1.165) is 24.3 Å². The third-order valence-electron chi connectivity index (χ3n) is 6.95. The van der Waals surface area contributed by atoms with Crippen LogP contribution in [0, 0.1) is 33.8 Å². The number of imide groups is 1. The highest BCUT2D eigenvalue weighted by Gasteiger charge is 2.62. The normalized spacial score (nSPS) is 25.8. The third-order valence-corrected chi connectivity index (χ3v) is 7.20. The Balaban J connectivity index is 1.50. The van der Waals surface area contributed by atoms with Gasteiger partial charge in [0, 0.05) is 22.7 Å². The van der Waals surface area contributed by atoms with Crippen LogP contribution in [0.5, 0.6) is 0 Å². The quantitative estimate of drug-likeness (QED) is 0.389. The van der Waals surface area contributed by atoms with E-state index >= 15 is 0 Å². The molecule has 0 unspecified atom stereocenters. The zero-order valence-electron chi connectivity index (χ0n) is 17.0. The molecule has 2 aliphatic carbocycles. The number of nitro benzene ring substituents is 1. The van der Waals surface area contributed by atoms with Crippen LogP contribution >= 0.6 is 11.6 Å². The Hall–Kier alpha value is -3.26. The first-order chi connectivity index (χ1) is 15.3. The van der Waals surface area contributed by atoms with Crippen molar-refractivity contribution in [3.05, 3.63) is 74.8 Å². The predicted octanol–water partition coefficient (Wildman–Crippen LogP) is 3.84. The van der Waals surface area contributed by atoms with Gasteiger partial charge < -0.3 is 0 Å². The number of carbonyl (C=O) groups is 3. The number of hydrogen-bond acceptors (Lipinski definition) is 5. The third kappa shape index (κ3) is 3.26. The first-order valence-corrected chi connectivity index (χ1v) is 10.9. The monoisotopic (exact) mass is 453 g/mol. The number of hydrazine groups is 1. The molecule has 1 aliphatic heterocycles. The van der Waals surface area contributed by atoms with Crippen molar-refractivity contribution in [1.82, 2.24) is 10.0 Å². The van der Waals surface area contributed by atoms with Crippen molar-refractivity contribution < 1.29 is 19.3 Å². The highest BCUT2D eigenvalue weighted by molar-refractivity contribution is 6.30. The van der Waals surface area contributed by atoms with Gasteiger partial charge in [-0.25, -0.2) is 5.01 Å². The number of non-ortho nitro benzene ring substituents is 1. The fraction of sp³-hybridized carbons (Fsp3) is 0.348. The molecule has 2 aromatic carbocycles. The summed E-state index contributed by atoms with van der Waals surface area (Å²) in [7, 11) is 0. The van der Waals surface area contributed by atoms with Crippen molar-refractivity contribution in [3.63, 3.8) is 0 Å². The van der Waals surface area contributed by atoms with Gasteiger partial charge in [-0.2, -0.15) is 5.01 Å². The van der Waals surface area contributed by atoms with Crippen LogP contribution in [0.4, 0.5) is 5.69 Å². The largest absolute Gasteiger partial charge is 0.273 e. The number of rotatable bonds is 5. The minimum Gasteiger partial charge on any atom is -0.272 e.